The molecule has 1 fully saturated rings. The Morgan fingerprint density at radius 3 is 2.77 bits per heavy atom. The molecule has 3 aromatic heterocycles. The number of fused-ring (bicyclic) bond motifs is 1. The number of pyridine rings is 2. The van der Waals surface area contributed by atoms with Crippen LogP contribution in [-0.4, -0.2) is 37.9 Å². The first-order valence-electron chi connectivity index (χ1n) is 8.20. The maximum absolute atomic E-state index is 15.3. The van der Waals surface area contributed by atoms with E-state index < -0.39 is 5.67 Å². The number of hydrogen-bond donors (Lipinski definition) is 1. The summed E-state index contributed by atoms with van der Waals surface area (Å²) in [7, 11) is 0. The number of alkyl halides is 1. The van der Waals surface area contributed by atoms with Crippen LogP contribution in [0.4, 0.5) is 4.39 Å². The molecule has 1 saturated heterocycles. The van der Waals surface area contributed by atoms with Crippen LogP contribution in [0.3, 0.4) is 0 Å². The first kappa shape index (κ1) is 16.0. The van der Waals surface area contributed by atoms with Crippen molar-refractivity contribution >= 4 is 11.2 Å². The van der Waals surface area contributed by atoms with Gasteiger partial charge in [-0.25, -0.2) is 19.3 Å². The zero-order valence-electron chi connectivity index (χ0n) is 13.8. The molecule has 4 heterocycles. The molecule has 0 radical (unpaired) electrons. The van der Waals surface area contributed by atoms with Crippen molar-refractivity contribution in [3.05, 3.63) is 41.9 Å². The van der Waals surface area contributed by atoms with Gasteiger partial charge in [-0.1, -0.05) is 6.07 Å². The van der Waals surface area contributed by atoms with Gasteiger partial charge in [0.25, 0.3) is 0 Å². The highest BCUT2D eigenvalue weighted by Gasteiger charge is 2.40. The first-order valence-corrected chi connectivity index (χ1v) is 8.20. The number of nitrogens with zero attached hydrogens (tertiary/aromatic N) is 6. The van der Waals surface area contributed by atoms with E-state index in [1.54, 1.807) is 30.3 Å². The van der Waals surface area contributed by atoms with Crippen molar-refractivity contribution in [2.75, 3.05) is 13.1 Å². The van der Waals surface area contributed by atoms with Crippen molar-refractivity contribution in [2.45, 2.75) is 18.5 Å². The minimum Gasteiger partial charge on any atom is -0.338 e. The van der Waals surface area contributed by atoms with Gasteiger partial charge in [-0.05, 0) is 37.1 Å². The molecule has 0 aromatic carbocycles. The number of likely N-dealkylation sites (tertiary alicyclic amines) is 1. The van der Waals surface area contributed by atoms with Crippen LogP contribution in [0.2, 0.25) is 0 Å². The van der Waals surface area contributed by atoms with Gasteiger partial charge in [-0.2, -0.15) is 10.5 Å². The highest BCUT2D eigenvalue weighted by molar-refractivity contribution is 5.74. The Hall–Kier alpha value is -3.52. The van der Waals surface area contributed by atoms with Crippen LogP contribution in [0.25, 0.3) is 22.6 Å². The SMILES string of the molecule is N#Cc1cccc(-c2ccc3[nH]c([C@@]4(F)CCCN(C#N)C4)nc3n2)n1. The van der Waals surface area contributed by atoms with E-state index in [-0.39, 0.29) is 12.4 Å². The van der Waals surface area contributed by atoms with Crippen LogP contribution >= 0.6 is 0 Å². The number of H-pyrrole nitrogens is 1. The van der Waals surface area contributed by atoms with E-state index in [1.165, 1.54) is 4.90 Å². The molecule has 1 N–H and O–H groups in total. The van der Waals surface area contributed by atoms with E-state index in [4.69, 9.17) is 10.5 Å². The summed E-state index contributed by atoms with van der Waals surface area (Å²) in [4.78, 5) is 17.4. The average Bonchev–Trinajstić information content (AvgIpc) is 3.12. The van der Waals surface area contributed by atoms with Gasteiger partial charge in [0.15, 0.2) is 17.5 Å². The Bertz CT molecular complexity index is 1060. The number of piperidine rings is 1. The van der Waals surface area contributed by atoms with Gasteiger partial charge < -0.3 is 9.88 Å². The molecule has 0 spiro atoms. The zero-order chi connectivity index (χ0) is 18.1. The Morgan fingerprint density at radius 1 is 1.12 bits per heavy atom. The van der Waals surface area contributed by atoms with Gasteiger partial charge in [-0.3, -0.25) is 0 Å². The molecule has 3 aromatic rings. The van der Waals surface area contributed by atoms with Crippen molar-refractivity contribution < 1.29 is 4.39 Å². The van der Waals surface area contributed by atoms with E-state index in [9.17, 15) is 0 Å². The lowest BCUT2D eigenvalue weighted by Gasteiger charge is -2.32. The van der Waals surface area contributed by atoms with Crippen molar-refractivity contribution in [2.24, 2.45) is 0 Å². The second-order valence-electron chi connectivity index (χ2n) is 6.26. The number of halogens is 1. The fraction of sp³-hybridized carbons (Fsp3) is 0.278. The van der Waals surface area contributed by atoms with E-state index >= 15 is 4.39 Å². The van der Waals surface area contributed by atoms with E-state index in [0.29, 0.717) is 47.6 Å². The number of hydrogen-bond acceptors (Lipinski definition) is 6. The third kappa shape index (κ3) is 2.72. The summed E-state index contributed by atoms with van der Waals surface area (Å²) in [5.74, 6) is 0.191. The predicted octanol–water partition coefficient (Wildman–Crippen LogP) is 2.63. The van der Waals surface area contributed by atoms with Crippen molar-refractivity contribution in [3.63, 3.8) is 0 Å². The fourth-order valence-corrected chi connectivity index (χ4v) is 3.18. The van der Waals surface area contributed by atoms with Gasteiger partial charge in [0, 0.05) is 6.54 Å². The Balaban J connectivity index is 1.72. The monoisotopic (exact) mass is 347 g/mol. The van der Waals surface area contributed by atoms with Crippen LogP contribution in [-0.2, 0) is 5.67 Å². The van der Waals surface area contributed by atoms with Crippen LogP contribution in [0.1, 0.15) is 24.4 Å². The van der Waals surface area contributed by atoms with Gasteiger partial charge >= 0.3 is 0 Å². The highest BCUT2D eigenvalue weighted by atomic mass is 19.1. The molecule has 26 heavy (non-hydrogen) atoms. The minimum absolute atomic E-state index is 0.0120. The number of rotatable bonds is 2. The van der Waals surface area contributed by atoms with Gasteiger partial charge in [0.1, 0.15) is 17.6 Å². The maximum atomic E-state index is 15.3. The second-order valence-corrected chi connectivity index (χ2v) is 6.26. The molecule has 1 aliphatic heterocycles. The molecule has 4 rings (SSSR count). The van der Waals surface area contributed by atoms with Crippen LogP contribution in [0.15, 0.2) is 30.3 Å². The molecule has 1 aliphatic rings. The third-order valence-corrected chi connectivity index (χ3v) is 4.48. The topological polar surface area (TPSA) is 105 Å². The average molecular weight is 347 g/mol. The lowest BCUT2D eigenvalue weighted by Crippen LogP contribution is -2.41. The van der Waals surface area contributed by atoms with E-state index in [2.05, 4.69) is 19.9 Å². The lowest BCUT2D eigenvalue weighted by molar-refractivity contribution is 0.0627. The molecule has 0 amide bonds. The highest BCUT2D eigenvalue weighted by Crippen LogP contribution is 2.34. The maximum Gasteiger partial charge on any atom is 0.186 e. The molecule has 128 valence electrons. The standard InChI is InChI=1S/C18H14FN7/c19-18(7-2-8-26(10-18)11-21)17-24-15-6-5-14(23-16(15)25-17)13-4-1-3-12(9-20)22-13/h1,3-6H,2,7-8,10H2,(H,23,24,25)/t18-/m1/s1. The fourth-order valence-electron chi connectivity index (χ4n) is 3.18. The Kier molecular flexibility index (Phi) is 3.74. The van der Waals surface area contributed by atoms with Crippen LogP contribution in [0, 0.1) is 22.8 Å². The first-order chi connectivity index (χ1) is 12.6. The van der Waals surface area contributed by atoms with Crippen molar-refractivity contribution in [1.29, 1.82) is 10.5 Å². The van der Waals surface area contributed by atoms with Crippen LogP contribution in [0.5, 0.6) is 0 Å². The summed E-state index contributed by atoms with van der Waals surface area (Å²) in [6.07, 6.45) is 2.90. The molecule has 7 nitrogen and oxygen atoms in total. The van der Waals surface area contributed by atoms with E-state index in [1.807, 2.05) is 12.3 Å². The molecule has 8 heteroatoms. The number of aromatic amines is 1. The summed E-state index contributed by atoms with van der Waals surface area (Å²) in [6, 6.07) is 10.6. The molecule has 0 saturated carbocycles. The molecule has 0 aliphatic carbocycles. The number of nitriles is 2. The lowest BCUT2D eigenvalue weighted by atomic mass is 9.94. The van der Waals surface area contributed by atoms with Crippen molar-refractivity contribution in [3.8, 4) is 23.7 Å². The Labute approximate surface area is 148 Å². The molecule has 1 atom stereocenters. The summed E-state index contributed by atoms with van der Waals surface area (Å²) in [5, 5.41) is 18.0. The van der Waals surface area contributed by atoms with Gasteiger partial charge in [0.2, 0.25) is 0 Å². The molecule has 0 unspecified atom stereocenters. The smallest absolute Gasteiger partial charge is 0.186 e. The zero-order valence-corrected chi connectivity index (χ0v) is 13.8. The van der Waals surface area contributed by atoms with Gasteiger partial charge in [0.05, 0.1) is 23.4 Å². The summed E-state index contributed by atoms with van der Waals surface area (Å²) >= 11 is 0. The molecular weight excluding hydrogens is 333 g/mol. The minimum atomic E-state index is -1.70. The quantitative estimate of drug-likeness (QED) is 0.714. The number of aromatic nitrogens is 4. The Morgan fingerprint density at radius 2 is 1.96 bits per heavy atom. The summed E-state index contributed by atoms with van der Waals surface area (Å²) in [5.41, 5.74) is 0.711. The third-order valence-electron chi connectivity index (χ3n) is 4.48. The van der Waals surface area contributed by atoms with Gasteiger partial charge in [-0.15, -0.1) is 0 Å². The second kappa shape index (κ2) is 6.08. The largest absolute Gasteiger partial charge is 0.338 e. The number of imidazole rings is 1. The summed E-state index contributed by atoms with van der Waals surface area (Å²) < 4.78 is 15.3. The predicted molar refractivity (Wildman–Crippen MR) is 91.0 cm³/mol. The normalized spacial score (nSPS) is 19.9. The van der Waals surface area contributed by atoms with E-state index in [0.717, 1.165) is 0 Å². The molecule has 0 bridgehead atoms. The van der Waals surface area contributed by atoms with Crippen LogP contribution < -0.4 is 0 Å². The van der Waals surface area contributed by atoms with Crippen molar-refractivity contribution in [1.82, 2.24) is 24.8 Å². The number of nitrogens with one attached hydrogen (secondary N) is 1. The molecular formula is C18H14FN7. The summed E-state index contributed by atoms with van der Waals surface area (Å²) in [6.45, 7) is 0.549.